The monoisotopic (exact) mass is 433 g/mol. The van der Waals surface area contributed by atoms with Crippen LogP contribution in [0.3, 0.4) is 0 Å². The first-order valence-corrected chi connectivity index (χ1v) is 12.4. The van der Waals surface area contributed by atoms with E-state index in [1.54, 1.807) is 12.1 Å². The van der Waals surface area contributed by atoms with Crippen LogP contribution >= 0.6 is 0 Å². The Bertz CT molecular complexity index is 896. The van der Waals surface area contributed by atoms with E-state index in [0.29, 0.717) is 37.1 Å². The third kappa shape index (κ3) is 5.39. The van der Waals surface area contributed by atoms with Crippen molar-refractivity contribution in [1.82, 2.24) is 14.5 Å². The number of rotatable bonds is 7. The molecule has 8 nitrogen and oxygen atoms in total. The molecule has 30 heavy (non-hydrogen) atoms. The van der Waals surface area contributed by atoms with E-state index in [9.17, 15) is 13.2 Å². The maximum absolute atomic E-state index is 12.6. The number of hydrogen-bond acceptors (Lipinski definition) is 6. The lowest BCUT2D eigenvalue weighted by atomic mass is 10.2. The highest BCUT2D eigenvalue weighted by Crippen LogP contribution is 2.21. The fourth-order valence-electron chi connectivity index (χ4n) is 4.54. The zero-order valence-corrected chi connectivity index (χ0v) is 18.2. The molecule has 2 N–H and O–H groups in total. The van der Waals surface area contributed by atoms with Crippen molar-refractivity contribution in [2.24, 2.45) is 4.99 Å². The Labute approximate surface area is 178 Å². The number of sulfonamides is 1. The van der Waals surface area contributed by atoms with E-state index in [0.717, 1.165) is 45.4 Å². The molecule has 0 radical (unpaired) electrons. The van der Waals surface area contributed by atoms with Gasteiger partial charge in [0, 0.05) is 31.2 Å². The summed E-state index contributed by atoms with van der Waals surface area (Å²) < 4.78 is 27.7. The molecule has 164 valence electrons. The molecule has 0 spiro atoms. The van der Waals surface area contributed by atoms with Gasteiger partial charge in [-0.1, -0.05) is 6.07 Å². The van der Waals surface area contributed by atoms with Crippen molar-refractivity contribution in [2.45, 2.75) is 49.5 Å². The van der Waals surface area contributed by atoms with Gasteiger partial charge in [-0.2, -0.15) is 0 Å². The normalized spacial score (nSPS) is 22.9. The van der Waals surface area contributed by atoms with Crippen LogP contribution in [0.4, 0.5) is 5.69 Å². The van der Waals surface area contributed by atoms with Gasteiger partial charge >= 0.3 is 0 Å². The van der Waals surface area contributed by atoms with Gasteiger partial charge < -0.3 is 10.2 Å². The molecule has 1 atom stereocenters. The van der Waals surface area contributed by atoms with Crippen LogP contribution in [0, 0.1) is 0 Å². The first-order chi connectivity index (χ1) is 14.5. The summed E-state index contributed by atoms with van der Waals surface area (Å²) >= 11 is 0. The van der Waals surface area contributed by atoms with Gasteiger partial charge in [0.1, 0.15) is 5.84 Å². The second-order valence-corrected chi connectivity index (χ2v) is 10.1. The molecule has 1 aromatic carbocycles. The summed E-state index contributed by atoms with van der Waals surface area (Å²) in [6, 6.07) is 6.82. The molecule has 1 unspecified atom stereocenters. The summed E-state index contributed by atoms with van der Waals surface area (Å²) in [5, 5.41) is 2.87. The molecule has 3 heterocycles. The van der Waals surface area contributed by atoms with Gasteiger partial charge in [-0.15, -0.1) is 0 Å². The predicted octanol–water partition coefficient (Wildman–Crippen LogP) is 1.66. The zero-order chi connectivity index (χ0) is 21.0. The molecule has 3 aliphatic heterocycles. The molecular weight excluding hydrogens is 402 g/mol. The Balaban J connectivity index is 1.34. The molecular formula is C21H31N5O3S. The number of likely N-dealkylation sites (tertiary alicyclic amines) is 2. The predicted molar refractivity (Wildman–Crippen MR) is 117 cm³/mol. The quantitative estimate of drug-likeness (QED) is 0.682. The van der Waals surface area contributed by atoms with Crippen molar-refractivity contribution in [3.8, 4) is 0 Å². The average molecular weight is 434 g/mol. The molecule has 2 fully saturated rings. The Morgan fingerprint density at radius 2 is 1.97 bits per heavy atom. The minimum Gasteiger partial charge on any atom is -0.325 e. The van der Waals surface area contributed by atoms with Crippen LogP contribution in [-0.4, -0.2) is 75.3 Å². The lowest BCUT2D eigenvalue weighted by Crippen LogP contribution is -2.42. The van der Waals surface area contributed by atoms with E-state index in [-0.39, 0.29) is 10.8 Å². The molecule has 0 saturated carbocycles. The van der Waals surface area contributed by atoms with Gasteiger partial charge in [-0.25, -0.2) is 8.42 Å². The first-order valence-electron chi connectivity index (χ1n) is 10.9. The molecule has 0 bridgehead atoms. The second-order valence-electron chi connectivity index (χ2n) is 8.39. The number of hydrogen-bond donors (Lipinski definition) is 2. The summed E-state index contributed by atoms with van der Waals surface area (Å²) in [4.78, 5) is 21.7. The molecule has 4 rings (SSSR count). The van der Waals surface area contributed by atoms with Crippen LogP contribution in [-0.2, 0) is 14.8 Å². The molecule has 0 aliphatic carbocycles. The van der Waals surface area contributed by atoms with Gasteiger partial charge in [0.25, 0.3) is 10.0 Å². The minimum atomic E-state index is -3.69. The van der Waals surface area contributed by atoms with E-state index in [2.05, 4.69) is 24.8 Å². The summed E-state index contributed by atoms with van der Waals surface area (Å²) in [6.07, 6.45) is 6.30. The van der Waals surface area contributed by atoms with Crippen LogP contribution in [0.25, 0.3) is 0 Å². The van der Waals surface area contributed by atoms with E-state index in [1.807, 2.05) is 0 Å². The van der Waals surface area contributed by atoms with Crippen molar-refractivity contribution in [1.29, 1.82) is 0 Å². The lowest BCUT2D eigenvalue weighted by Gasteiger charge is -2.27. The summed E-state index contributed by atoms with van der Waals surface area (Å²) in [7, 11) is -3.69. The highest BCUT2D eigenvalue weighted by molar-refractivity contribution is 7.90. The Morgan fingerprint density at radius 1 is 1.13 bits per heavy atom. The number of nitrogens with one attached hydrogen (secondary N) is 2. The van der Waals surface area contributed by atoms with Gasteiger partial charge in [-0.05, 0) is 69.9 Å². The summed E-state index contributed by atoms with van der Waals surface area (Å²) in [5.74, 6) is 0.397. The second kappa shape index (κ2) is 9.45. The first kappa shape index (κ1) is 21.3. The highest BCUT2D eigenvalue weighted by atomic mass is 32.2. The van der Waals surface area contributed by atoms with Crippen LogP contribution < -0.4 is 10.0 Å². The average Bonchev–Trinajstić information content (AvgIpc) is 3.47. The maximum atomic E-state index is 12.6. The number of benzene rings is 1. The molecule has 3 aliphatic rings. The van der Waals surface area contributed by atoms with Gasteiger partial charge in [0.05, 0.1) is 11.4 Å². The van der Waals surface area contributed by atoms with Gasteiger partial charge in [-0.3, -0.25) is 19.4 Å². The smallest absolute Gasteiger partial charge is 0.262 e. The number of carbonyl (C=O) groups is 1. The van der Waals surface area contributed by atoms with E-state index in [1.165, 1.54) is 25.0 Å². The number of nitrogens with zero attached hydrogens (tertiary/aromatic N) is 3. The number of anilines is 1. The number of aliphatic imine (C=N–C) groups is 1. The molecule has 2 saturated heterocycles. The Morgan fingerprint density at radius 3 is 2.73 bits per heavy atom. The highest BCUT2D eigenvalue weighted by Gasteiger charge is 2.28. The number of amidine groups is 1. The lowest BCUT2D eigenvalue weighted by molar-refractivity contribution is -0.117. The SMILES string of the molecule is O=C(CN1CCCC1CN1CCCC1)Nc1cccc(S(=O)(=O)NC2=NCCC2)c1. The fraction of sp³-hybridized carbons (Fsp3) is 0.619. The van der Waals surface area contributed by atoms with Crippen LogP contribution in [0.1, 0.15) is 38.5 Å². The minimum absolute atomic E-state index is 0.106. The Kier molecular flexibility index (Phi) is 6.70. The maximum Gasteiger partial charge on any atom is 0.262 e. The standard InChI is InChI=1S/C21H31N5O3S/c27-21(16-26-13-5-7-18(26)15-25-11-1-2-12-25)23-17-6-3-8-19(14-17)30(28,29)24-20-9-4-10-22-20/h3,6,8,14,18H,1-2,4-5,7,9-13,15-16H2,(H,22,24)(H,23,27). The third-order valence-electron chi connectivity index (χ3n) is 6.07. The van der Waals surface area contributed by atoms with Crippen molar-refractivity contribution in [3.63, 3.8) is 0 Å². The van der Waals surface area contributed by atoms with Crippen molar-refractivity contribution in [2.75, 3.05) is 44.6 Å². The van der Waals surface area contributed by atoms with Crippen molar-refractivity contribution < 1.29 is 13.2 Å². The van der Waals surface area contributed by atoms with E-state index >= 15 is 0 Å². The van der Waals surface area contributed by atoms with Crippen molar-refractivity contribution in [3.05, 3.63) is 24.3 Å². The topological polar surface area (TPSA) is 94.1 Å². The number of amides is 1. The zero-order valence-electron chi connectivity index (χ0n) is 17.3. The number of carbonyl (C=O) groups excluding carboxylic acids is 1. The third-order valence-corrected chi connectivity index (χ3v) is 7.45. The van der Waals surface area contributed by atoms with Gasteiger partial charge in [0.15, 0.2) is 0 Å². The molecule has 1 aromatic rings. The van der Waals surface area contributed by atoms with E-state index in [4.69, 9.17) is 0 Å². The molecule has 1 amide bonds. The molecule has 9 heteroatoms. The van der Waals surface area contributed by atoms with Crippen LogP contribution in [0.5, 0.6) is 0 Å². The van der Waals surface area contributed by atoms with Crippen LogP contribution in [0.2, 0.25) is 0 Å². The molecule has 0 aromatic heterocycles. The van der Waals surface area contributed by atoms with E-state index < -0.39 is 10.0 Å². The summed E-state index contributed by atoms with van der Waals surface area (Å²) in [6.45, 7) is 5.30. The summed E-state index contributed by atoms with van der Waals surface area (Å²) in [5.41, 5.74) is 0.492. The van der Waals surface area contributed by atoms with Gasteiger partial charge in [0.2, 0.25) is 5.91 Å². The van der Waals surface area contributed by atoms with Crippen LogP contribution in [0.15, 0.2) is 34.2 Å². The largest absolute Gasteiger partial charge is 0.325 e. The fourth-order valence-corrected chi connectivity index (χ4v) is 5.67. The Hall–Kier alpha value is -1.97. The van der Waals surface area contributed by atoms with Crippen molar-refractivity contribution >= 4 is 27.5 Å².